The second kappa shape index (κ2) is 14.5. The predicted octanol–water partition coefficient (Wildman–Crippen LogP) is 3.95. The number of rotatable bonds is 13. The van der Waals surface area contributed by atoms with Gasteiger partial charge in [-0.1, -0.05) is 60.7 Å². The minimum Gasteiger partial charge on any atom is -0.464 e. The van der Waals surface area contributed by atoms with Gasteiger partial charge in [0.2, 0.25) is 11.8 Å². The molecule has 0 bridgehead atoms. The Morgan fingerprint density at radius 2 is 1.45 bits per heavy atom. The van der Waals surface area contributed by atoms with E-state index in [0.29, 0.717) is 45.7 Å². The van der Waals surface area contributed by atoms with Crippen molar-refractivity contribution in [2.75, 3.05) is 52.5 Å². The fourth-order valence-corrected chi connectivity index (χ4v) is 4.66. The van der Waals surface area contributed by atoms with Gasteiger partial charge in [0.1, 0.15) is 11.5 Å². The molecule has 2 amide bonds. The zero-order valence-corrected chi connectivity index (χ0v) is 22.4. The van der Waals surface area contributed by atoms with Gasteiger partial charge in [0, 0.05) is 39.1 Å². The van der Waals surface area contributed by atoms with Gasteiger partial charge in [-0.25, -0.2) is 0 Å². The van der Waals surface area contributed by atoms with Crippen LogP contribution in [-0.4, -0.2) is 79.0 Å². The minimum absolute atomic E-state index is 0.00677. The van der Waals surface area contributed by atoms with Crippen LogP contribution in [0.1, 0.15) is 29.1 Å². The van der Waals surface area contributed by atoms with E-state index < -0.39 is 0 Å². The number of hydrogen-bond donors (Lipinski definition) is 0. The summed E-state index contributed by atoms with van der Waals surface area (Å²) in [7, 11) is 0. The number of benzene rings is 2. The maximum atomic E-state index is 13.7. The van der Waals surface area contributed by atoms with Crippen LogP contribution < -0.4 is 0 Å². The third-order valence-electron chi connectivity index (χ3n) is 6.95. The lowest BCUT2D eigenvalue weighted by Crippen LogP contribution is -2.47. The van der Waals surface area contributed by atoms with Gasteiger partial charge >= 0.3 is 0 Å². The Hall–Kier alpha value is -3.42. The Labute approximate surface area is 226 Å². The Kier molecular flexibility index (Phi) is 10.5. The highest BCUT2D eigenvalue weighted by atomic mass is 16.5. The van der Waals surface area contributed by atoms with Crippen molar-refractivity contribution in [1.29, 1.82) is 0 Å². The number of nitrogens with zero attached hydrogens (tertiary/aromatic N) is 3. The first kappa shape index (κ1) is 27.6. The summed E-state index contributed by atoms with van der Waals surface area (Å²) in [4.78, 5) is 32.9. The van der Waals surface area contributed by atoms with Crippen molar-refractivity contribution < 1.29 is 18.7 Å². The summed E-state index contributed by atoms with van der Waals surface area (Å²) in [6, 6.07) is 24.0. The third-order valence-corrected chi connectivity index (χ3v) is 6.95. The molecule has 1 saturated heterocycles. The van der Waals surface area contributed by atoms with Gasteiger partial charge in [-0.15, -0.1) is 0 Å². The lowest BCUT2D eigenvalue weighted by Gasteiger charge is -2.31. The molecule has 2 aromatic carbocycles. The SMILES string of the molecule is Cc1ccc(CN(CCc2ccccc2)C(=O)CN(CCN2CCOCC2)C(=O)CCc2ccccc2)o1. The lowest BCUT2D eigenvalue weighted by molar-refractivity contribution is -0.141. The van der Waals surface area contributed by atoms with Crippen LogP contribution in [0.4, 0.5) is 0 Å². The molecule has 4 rings (SSSR count). The fourth-order valence-electron chi connectivity index (χ4n) is 4.66. The molecule has 7 heteroatoms. The van der Waals surface area contributed by atoms with Crippen molar-refractivity contribution in [2.24, 2.45) is 0 Å². The smallest absolute Gasteiger partial charge is 0.242 e. The van der Waals surface area contributed by atoms with Crippen LogP contribution in [0, 0.1) is 6.92 Å². The topological polar surface area (TPSA) is 66.2 Å². The zero-order valence-electron chi connectivity index (χ0n) is 22.4. The number of carbonyl (C=O) groups excluding carboxylic acids is 2. The average Bonchev–Trinajstić information content (AvgIpc) is 3.37. The van der Waals surface area contributed by atoms with Crippen LogP contribution >= 0.6 is 0 Å². The van der Waals surface area contributed by atoms with E-state index in [4.69, 9.17) is 9.15 Å². The lowest BCUT2D eigenvalue weighted by atomic mass is 10.1. The molecule has 1 aliphatic rings. The number of morpholine rings is 1. The number of carbonyl (C=O) groups is 2. The van der Waals surface area contributed by atoms with E-state index in [0.717, 1.165) is 43.1 Å². The molecule has 38 heavy (non-hydrogen) atoms. The second-order valence-corrected chi connectivity index (χ2v) is 9.82. The predicted molar refractivity (Wildman–Crippen MR) is 148 cm³/mol. The molecule has 3 aromatic rings. The maximum Gasteiger partial charge on any atom is 0.242 e. The molecule has 0 aliphatic carbocycles. The third kappa shape index (κ3) is 8.85. The van der Waals surface area contributed by atoms with Gasteiger partial charge in [0.05, 0.1) is 26.3 Å². The number of hydrogen-bond acceptors (Lipinski definition) is 5. The van der Waals surface area contributed by atoms with Crippen LogP contribution in [0.5, 0.6) is 0 Å². The molecular formula is C31H39N3O4. The van der Waals surface area contributed by atoms with Crippen molar-refractivity contribution in [2.45, 2.75) is 32.7 Å². The van der Waals surface area contributed by atoms with Crippen molar-refractivity contribution in [3.05, 3.63) is 95.4 Å². The fraction of sp³-hybridized carbons (Fsp3) is 0.419. The molecule has 0 spiro atoms. The first-order chi connectivity index (χ1) is 18.6. The minimum atomic E-state index is -0.0648. The summed E-state index contributed by atoms with van der Waals surface area (Å²) in [5.41, 5.74) is 2.29. The zero-order chi connectivity index (χ0) is 26.6. The van der Waals surface area contributed by atoms with Gasteiger partial charge < -0.3 is 19.0 Å². The quantitative estimate of drug-likeness (QED) is 0.344. The maximum absolute atomic E-state index is 13.7. The Bertz CT molecular complexity index is 1130. The first-order valence-electron chi connectivity index (χ1n) is 13.6. The summed E-state index contributed by atoms with van der Waals surface area (Å²) in [6.07, 6.45) is 1.77. The molecular weight excluding hydrogens is 478 g/mol. The van der Waals surface area contributed by atoms with Crippen molar-refractivity contribution in [1.82, 2.24) is 14.7 Å². The van der Waals surface area contributed by atoms with E-state index in [1.165, 1.54) is 5.56 Å². The van der Waals surface area contributed by atoms with Crippen molar-refractivity contribution >= 4 is 11.8 Å². The van der Waals surface area contributed by atoms with Gasteiger partial charge in [0.25, 0.3) is 0 Å². The van der Waals surface area contributed by atoms with Gasteiger partial charge in [-0.3, -0.25) is 14.5 Å². The van der Waals surface area contributed by atoms with Crippen LogP contribution in [0.25, 0.3) is 0 Å². The van der Waals surface area contributed by atoms with E-state index >= 15 is 0 Å². The highest BCUT2D eigenvalue weighted by Gasteiger charge is 2.23. The summed E-state index contributed by atoms with van der Waals surface area (Å²) < 4.78 is 11.3. The highest BCUT2D eigenvalue weighted by molar-refractivity contribution is 5.85. The summed E-state index contributed by atoms with van der Waals surface area (Å²) in [5, 5.41) is 0. The first-order valence-corrected chi connectivity index (χ1v) is 13.6. The molecule has 1 aliphatic heterocycles. The molecule has 0 N–H and O–H groups in total. The number of amides is 2. The molecule has 0 radical (unpaired) electrons. The molecule has 0 atom stereocenters. The van der Waals surface area contributed by atoms with Crippen LogP contribution in [0.3, 0.4) is 0 Å². The molecule has 7 nitrogen and oxygen atoms in total. The molecule has 1 fully saturated rings. The molecule has 0 unspecified atom stereocenters. The summed E-state index contributed by atoms with van der Waals surface area (Å²) in [5.74, 6) is 1.51. The molecule has 2 heterocycles. The van der Waals surface area contributed by atoms with Crippen molar-refractivity contribution in [3.63, 3.8) is 0 Å². The molecule has 1 aromatic heterocycles. The van der Waals surface area contributed by atoms with Gasteiger partial charge in [-0.2, -0.15) is 0 Å². The Morgan fingerprint density at radius 1 is 0.789 bits per heavy atom. The number of furan rings is 1. The van der Waals surface area contributed by atoms with Crippen LogP contribution in [-0.2, 0) is 33.7 Å². The average molecular weight is 518 g/mol. The van der Waals surface area contributed by atoms with E-state index in [1.807, 2.05) is 72.5 Å². The molecule has 0 saturated carbocycles. The van der Waals surface area contributed by atoms with E-state index in [2.05, 4.69) is 17.0 Å². The van der Waals surface area contributed by atoms with E-state index in [1.54, 1.807) is 4.90 Å². The second-order valence-electron chi connectivity index (χ2n) is 9.82. The summed E-state index contributed by atoms with van der Waals surface area (Å²) in [6.45, 7) is 7.26. The van der Waals surface area contributed by atoms with Crippen molar-refractivity contribution in [3.8, 4) is 0 Å². The van der Waals surface area contributed by atoms with E-state index in [-0.39, 0.29) is 18.4 Å². The monoisotopic (exact) mass is 517 g/mol. The molecule has 202 valence electrons. The number of ether oxygens (including phenoxy) is 1. The van der Waals surface area contributed by atoms with E-state index in [9.17, 15) is 9.59 Å². The highest BCUT2D eigenvalue weighted by Crippen LogP contribution is 2.13. The number of aryl methyl sites for hydroxylation is 2. The van der Waals surface area contributed by atoms with Gasteiger partial charge in [0.15, 0.2) is 0 Å². The van der Waals surface area contributed by atoms with Crippen LogP contribution in [0.15, 0.2) is 77.2 Å². The Morgan fingerprint density at radius 3 is 2.08 bits per heavy atom. The van der Waals surface area contributed by atoms with Gasteiger partial charge in [-0.05, 0) is 43.0 Å². The largest absolute Gasteiger partial charge is 0.464 e. The Balaban J connectivity index is 1.43. The summed E-state index contributed by atoms with van der Waals surface area (Å²) >= 11 is 0. The standard InChI is InChI=1S/C31H39N3O4/c1-26-12-14-29(38-26)24-33(17-16-28-10-6-3-7-11-28)31(36)25-34(19-18-32-20-22-37-23-21-32)30(35)15-13-27-8-4-2-5-9-27/h2-12,14H,13,15-25H2,1H3. The normalized spacial score (nSPS) is 13.8. The van der Waals surface area contributed by atoms with Crippen LogP contribution in [0.2, 0.25) is 0 Å².